The monoisotopic (exact) mass is 304 g/mol. The topological polar surface area (TPSA) is 78.4 Å². The SMILES string of the molecule is Cc1ccccc1NC(=O)CNC(C)(C(=O)O)C(F)(F)F. The number of anilines is 1. The van der Waals surface area contributed by atoms with Gasteiger partial charge in [0.15, 0.2) is 0 Å². The van der Waals surface area contributed by atoms with Crippen LogP contribution in [-0.2, 0) is 9.59 Å². The van der Waals surface area contributed by atoms with Crippen LogP contribution >= 0.6 is 0 Å². The van der Waals surface area contributed by atoms with Crippen LogP contribution in [0, 0.1) is 6.92 Å². The summed E-state index contributed by atoms with van der Waals surface area (Å²) in [6.07, 6.45) is -5.03. The van der Waals surface area contributed by atoms with Gasteiger partial charge in [0, 0.05) is 5.69 Å². The van der Waals surface area contributed by atoms with E-state index in [1.54, 1.807) is 36.5 Å². The first kappa shape index (κ1) is 17.0. The van der Waals surface area contributed by atoms with Gasteiger partial charge in [-0.15, -0.1) is 0 Å². The molecule has 0 saturated carbocycles. The van der Waals surface area contributed by atoms with Gasteiger partial charge in [0.05, 0.1) is 6.54 Å². The molecule has 1 amide bonds. The third-order valence-corrected chi connectivity index (χ3v) is 3.02. The predicted molar refractivity (Wildman–Crippen MR) is 69.9 cm³/mol. The number of aliphatic carboxylic acids is 1. The van der Waals surface area contributed by atoms with E-state index >= 15 is 0 Å². The van der Waals surface area contributed by atoms with Gasteiger partial charge >= 0.3 is 12.1 Å². The van der Waals surface area contributed by atoms with Gasteiger partial charge in [0.25, 0.3) is 0 Å². The molecule has 0 aliphatic rings. The summed E-state index contributed by atoms with van der Waals surface area (Å²) < 4.78 is 38.2. The van der Waals surface area contributed by atoms with Crippen LogP contribution in [0.2, 0.25) is 0 Å². The van der Waals surface area contributed by atoms with E-state index in [0.29, 0.717) is 12.6 Å². The second-order valence-corrected chi connectivity index (χ2v) is 4.64. The third kappa shape index (κ3) is 3.94. The molecule has 0 spiro atoms. The molecule has 0 aromatic heterocycles. The van der Waals surface area contributed by atoms with Crippen molar-refractivity contribution in [2.24, 2.45) is 0 Å². The molecule has 3 N–H and O–H groups in total. The summed E-state index contributed by atoms with van der Waals surface area (Å²) in [5.74, 6) is -2.86. The lowest BCUT2D eigenvalue weighted by molar-refractivity contribution is -0.205. The minimum absolute atomic E-state index is 0.452. The van der Waals surface area contributed by atoms with Gasteiger partial charge < -0.3 is 10.4 Å². The number of rotatable bonds is 5. The number of carbonyl (C=O) groups is 2. The Balaban J connectivity index is 2.72. The quantitative estimate of drug-likeness (QED) is 0.776. The maximum absolute atomic E-state index is 12.7. The van der Waals surface area contributed by atoms with E-state index in [1.807, 2.05) is 0 Å². The number of hydrogen-bond donors (Lipinski definition) is 3. The molecule has 21 heavy (non-hydrogen) atoms. The highest BCUT2D eigenvalue weighted by Crippen LogP contribution is 2.30. The van der Waals surface area contributed by atoms with Gasteiger partial charge in [0.1, 0.15) is 0 Å². The van der Waals surface area contributed by atoms with Crippen molar-refractivity contribution in [3.63, 3.8) is 0 Å². The first-order valence-electron chi connectivity index (χ1n) is 5.98. The van der Waals surface area contributed by atoms with Crippen molar-refractivity contribution in [2.45, 2.75) is 25.6 Å². The Morgan fingerprint density at radius 1 is 1.24 bits per heavy atom. The molecule has 0 aliphatic heterocycles. The Morgan fingerprint density at radius 3 is 2.29 bits per heavy atom. The highest BCUT2D eigenvalue weighted by molar-refractivity contribution is 5.93. The Morgan fingerprint density at radius 2 is 1.81 bits per heavy atom. The lowest BCUT2D eigenvalue weighted by Crippen LogP contribution is -2.61. The number of benzene rings is 1. The van der Waals surface area contributed by atoms with Crippen molar-refractivity contribution in [1.82, 2.24) is 5.32 Å². The molecule has 0 bridgehead atoms. The Bertz CT molecular complexity index is 546. The van der Waals surface area contributed by atoms with Crippen molar-refractivity contribution in [3.05, 3.63) is 29.8 Å². The van der Waals surface area contributed by atoms with Crippen LogP contribution in [0.15, 0.2) is 24.3 Å². The predicted octanol–water partition coefficient (Wildman–Crippen LogP) is 1.93. The van der Waals surface area contributed by atoms with Crippen molar-refractivity contribution in [3.8, 4) is 0 Å². The molecule has 1 aromatic carbocycles. The van der Waals surface area contributed by atoms with Crippen LogP contribution in [0.4, 0.5) is 18.9 Å². The van der Waals surface area contributed by atoms with Crippen molar-refractivity contribution >= 4 is 17.6 Å². The van der Waals surface area contributed by atoms with Crippen molar-refractivity contribution < 1.29 is 27.9 Å². The van der Waals surface area contributed by atoms with Gasteiger partial charge in [-0.05, 0) is 25.5 Å². The van der Waals surface area contributed by atoms with Crippen LogP contribution < -0.4 is 10.6 Å². The summed E-state index contributed by atoms with van der Waals surface area (Å²) in [6.45, 7) is 1.41. The molecule has 5 nitrogen and oxygen atoms in total. The van der Waals surface area contributed by atoms with Gasteiger partial charge in [-0.3, -0.25) is 10.1 Å². The van der Waals surface area contributed by atoms with E-state index in [9.17, 15) is 22.8 Å². The minimum atomic E-state index is -5.03. The van der Waals surface area contributed by atoms with Crippen LogP contribution in [0.1, 0.15) is 12.5 Å². The van der Waals surface area contributed by atoms with E-state index in [1.165, 1.54) is 0 Å². The minimum Gasteiger partial charge on any atom is -0.480 e. The fourth-order valence-corrected chi connectivity index (χ4v) is 1.46. The highest BCUT2D eigenvalue weighted by atomic mass is 19.4. The van der Waals surface area contributed by atoms with E-state index in [-0.39, 0.29) is 0 Å². The smallest absolute Gasteiger partial charge is 0.417 e. The standard InChI is InChI=1S/C13H15F3N2O3/c1-8-5-3-4-6-9(8)18-10(19)7-17-12(2,11(20)21)13(14,15)16/h3-6,17H,7H2,1-2H3,(H,18,19)(H,20,21). The number of alkyl halides is 3. The summed E-state index contributed by atoms with van der Waals surface area (Å²) in [5.41, 5.74) is -1.99. The molecule has 0 heterocycles. The molecule has 0 fully saturated rings. The molecule has 116 valence electrons. The molecular formula is C13H15F3N2O3. The number of para-hydroxylation sites is 1. The van der Waals surface area contributed by atoms with E-state index in [4.69, 9.17) is 5.11 Å². The Kier molecular flexibility index (Phi) is 4.95. The maximum Gasteiger partial charge on any atom is 0.417 e. The summed E-state index contributed by atoms with van der Waals surface area (Å²) in [6, 6.07) is 6.72. The van der Waals surface area contributed by atoms with Crippen LogP contribution in [0.25, 0.3) is 0 Å². The fourth-order valence-electron chi connectivity index (χ4n) is 1.46. The van der Waals surface area contributed by atoms with E-state index in [2.05, 4.69) is 5.32 Å². The second kappa shape index (κ2) is 6.13. The normalized spacial score (nSPS) is 14.3. The van der Waals surface area contributed by atoms with Gasteiger partial charge in [0.2, 0.25) is 11.4 Å². The average Bonchev–Trinajstić information content (AvgIpc) is 2.37. The van der Waals surface area contributed by atoms with Crippen LogP contribution in [0.3, 0.4) is 0 Å². The zero-order chi connectivity index (χ0) is 16.3. The number of aryl methyl sites for hydroxylation is 1. The first-order valence-corrected chi connectivity index (χ1v) is 5.98. The lowest BCUT2D eigenvalue weighted by Gasteiger charge is -2.28. The number of halogens is 3. The molecule has 1 atom stereocenters. The fraction of sp³-hybridized carbons (Fsp3) is 0.385. The molecule has 8 heteroatoms. The number of carbonyl (C=O) groups excluding carboxylic acids is 1. The van der Waals surface area contributed by atoms with Gasteiger partial charge in [-0.1, -0.05) is 18.2 Å². The van der Waals surface area contributed by atoms with Crippen LogP contribution in [0.5, 0.6) is 0 Å². The summed E-state index contributed by atoms with van der Waals surface area (Å²) in [4.78, 5) is 22.4. The Hall–Kier alpha value is -2.09. The molecule has 1 rings (SSSR count). The lowest BCUT2D eigenvalue weighted by atomic mass is 10.0. The zero-order valence-corrected chi connectivity index (χ0v) is 11.4. The molecule has 0 radical (unpaired) electrons. The maximum atomic E-state index is 12.7. The Labute approximate surface area is 119 Å². The van der Waals surface area contributed by atoms with E-state index < -0.39 is 30.1 Å². The molecule has 1 aromatic rings. The summed E-state index contributed by atoms with van der Waals surface area (Å²) in [7, 11) is 0. The largest absolute Gasteiger partial charge is 0.480 e. The zero-order valence-electron chi connectivity index (χ0n) is 11.4. The van der Waals surface area contributed by atoms with Crippen molar-refractivity contribution in [1.29, 1.82) is 0 Å². The van der Waals surface area contributed by atoms with Crippen molar-refractivity contribution in [2.75, 3.05) is 11.9 Å². The number of carboxylic acids is 1. The second-order valence-electron chi connectivity index (χ2n) is 4.64. The number of hydrogen-bond acceptors (Lipinski definition) is 3. The molecule has 1 unspecified atom stereocenters. The molecular weight excluding hydrogens is 289 g/mol. The highest BCUT2D eigenvalue weighted by Gasteiger charge is 2.57. The van der Waals surface area contributed by atoms with E-state index in [0.717, 1.165) is 5.56 Å². The first-order chi connectivity index (χ1) is 9.58. The van der Waals surface area contributed by atoms with Gasteiger partial charge in [-0.2, -0.15) is 13.2 Å². The summed E-state index contributed by atoms with van der Waals surface area (Å²) >= 11 is 0. The molecule has 0 saturated heterocycles. The average molecular weight is 304 g/mol. The van der Waals surface area contributed by atoms with Crippen LogP contribution in [-0.4, -0.2) is 35.2 Å². The number of nitrogens with one attached hydrogen (secondary N) is 2. The van der Waals surface area contributed by atoms with Gasteiger partial charge in [-0.25, -0.2) is 4.79 Å². The third-order valence-electron chi connectivity index (χ3n) is 3.02. The number of carboxylic acid groups (broad SMARTS) is 1. The summed E-state index contributed by atoms with van der Waals surface area (Å²) in [5, 5.41) is 12.9. The number of amides is 1. The molecule has 0 aliphatic carbocycles.